The number of methoxy groups -OCH3 is 1. The molecule has 6 heteroatoms. The molecule has 0 saturated heterocycles. The Morgan fingerprint density at radius 3 is 3.00 bits per heavy atom. The number of carboxylic acids is 1. The number of pyridine rings is 1. The predicted octanol–water partition coefficient (Wildman–Crippen LogP) is 0.589. The minimum Gasteiger partial charge on any atom is -0.478 e. The van der Waals surface area contributed by atoms with Gasteiger partial charge in [-0.05, 0) is 18.6 Å². The zero-order valence-corrected chi connectivity index (χ0v) is 9.59. The molecule has 17 heavy (non-hydrogen) atoms. The summed E-state index contributed by atoms with van der Waals surface area (Å²) in [5.74, 6) is -0.540. The molecule has 0 saturated carbocycles. The molecular formula is C11H16N2O4. The van der Waals surface area contributed by atoms with E-state index in [-0.39, 0.29) is 18.2 Å². The third-order valence-electron chi connectivity index (χ3n) is 2.20. The van der Waals surface area contributed by atoms with Crippen LogP contribution in [0.5, 0.6) is 0 Å². The van der Waals surface area contributed by atoms with Crippen molar-refractivity contribution in [3.8, 4) is 0 Å². The molecule has 1 atom stereocenters. The van der Waals surface area contributed by atoms with Gasteiger partial charge >= 0.3 is 5.97 Å². The number of carboxylic acid groups (broad SMARTS) is 1. The Hall–Kier alpha value is -1.66. The van der Waals surface area contributed by atoms with Gasteiger partial charge in [0.15, 0.2) is 0 Å². The number of hydrogen-bond donors (Lipinski definition) is 3. The molecule has 0 spiro atoms. The van der Waals surface area contributed by atoms with Crippen LogP contribution in [0.3, 0.4) is 0 Å². The Kier molecular flexibility index (Phi) is 5.38. The minimum atomic E-state index is -0.999. The van der Waals surface area contributed by atoms with Crippen molar-refractivity contribution in [3.63, 3.8) is 0 Å². The summed E-state index contributed by atoms with van der Waals surface area (Å²) in [6, 6.07) is 2.77. The predicted molar refractivity (Wildman–Crippen MR) is 62.2 cm³/mol. The van der Waals surface area contributed by atoms with Crippen molar-refractivity contribution in [2.75, 3.05) is 25.6 Å². The van der Waals surface area contributed by atoms with Crippen LogP contribution >= 0.6 is 0 Å². The van der Waals surface area contributed by atoms with Crippen LogP contribution in [0, 0.1) is 0 Å². The molecule has 6 nitrogen and oxygen atoms in total. The summed E-state index contributed by atoms with van der Waals surface area (Å²) in [7, 11) is 1.56. The van der Waals surface area contributed by atoms with E-state index in [4.69, 9.17) is 14.9 Å². The van der Waals surface area contributed by atoms with Gasteiger partial charge in [-0.25, -0.2) is 9.78 Å². The highest BCUT2D eigenvalue weighted by atomic mass is 16.5. The summed E-state index contributed by atoms with van der Waals surface area (Å²) in [5, 5.41) is 20.7. The first-order valence-corrected chi connectivity index (χ1v) is 5.23. The molecule has 1 heterocycles. The number of aromatic nitrogens is 1. The van der Waals surface area contributed by atoms with E-state index in [9.17, 15) is 4.79 Å². The maximum atomic E-state index is 10.8. The van der Waals surface area contributed by atoms with Crippen molar-refractivity contribution in [2.45, 2.75) is 12.5 Å². The second kappa shape index (κ2) is 6.82. The number of aliphatic hydroxyl groups is 1. The number of hydrogen-bond acceptors (Lipinski definition) is 5. The SMILES string of the molecule is COCC(CCO)Nc1cc(C(=O)O)ccn1. The molecule has 0 amide bonds. The average Bonchev–Trinajstić information content (AvgIpc) is 2.30. The molecule has 1 rings (SSSR count). The van der Waals surface area contributed by atoms with Crippen LogP contribution in [0.1, 0.15) is 16.8 Å². The average molecular weight is 240 g/mol. The van der Waals surface area contributed by atoms with E-state index < -0.39 is 5.97 Å². The highest BCUT2D eigenvalue weighted by Crippen LogP contribution is 2.09. The van der Waals surface area contributed by atoms with Gasteiger partial charge in [0.1, 0.15) is 5.82 Å². The highest BCUT2D eigenvalue weighted by molar-refractivity contribution is 5.88. The number of ether oxygens (including phenoxy) is 1. The number of aromatic carboxylic acids is 1. The molecule has 94 valence electrons. The minimum absolute atomic E-state index is 0.0274. The van der Waals surface area contributed by atoms with Gasteiger partial charge in [-0.15, -0.1) is 0 Å². The van der Waals surface area contributed by atoms with E-state index in [1.807, 2.05) is 0 Å². The number of anilines is 1. The topological polar surface area (TPSA) is 91.7 Å². The molecule has 0 aliphatic rings. The largest absolute Gasteiger partial charge is 0.478 e. The third kappa shape index (κ3) is 4.38. The summed E-state index contributed by atoms with van der Waals surface area (Å²) in [6.07, 6.45) is 1.93. The maximum absolute atomic E-state index is 10.8. The summed E-state index contributed by atoms with van der Waals surface area (Å²) < 4.78 is 4.99. The van der Waals surface area contributed by atoms with Crippen molar-refractivity contribution in [1.82, 2.24) is 4.98 Å². The Morgan fingerprint density at radius 2 is 2.41 bits per heavy atom. The molecule has 1 aromatic heterocycles. The zero-order valence-electron chi connectivity index (χ0n) is 9.59. The van der Waals surface area contributed by atoms with E-state index in [1.165, 1.54) is 18.3 Å². The van der Waals surface area contributed by atoms with E-state index in [0.717, 1.165) is 0 Å². The van der Waals surface area contributed by atoms with Gasteiger partial charge in [0.05, 0.1) is 18.2 Å². The fourth-order valence-electron chi connectivity index (χ4n) is 1.41. The number of rotatable bonds is 7. The smallest absolute Gasteiger partial charge is 0.335 e. The van der Waals surface area contributed by atoms with E-state index in [0.29, 0.717) is 18.8 Å². The quantitative estimate of drug-likeness (QED) is 0.646. The molecule has 0 fully saturated rings. The van der Waals surface area contributed by atoms with Gasteiger partial charge in [0.2, 0.25) is 0 Å². The molecule has 0 aliphatic heterocycles. The van der Waals surface area contributed by atoms with Crippen molar-refractivity contribution in [3.05, 3.63) is 23.9 Å². The first kappa shape index (κ1) is 13.4. The van der Waals surface area contributed by atoms with Crippen LogP contribution in [-0.4, -0.2) is 47.5 Å². The van der Waals surface area contributed by atoms with E-state index >= 15 is 0 Å². The van der Waals surface area contributed by atoms with Crippen LogP contribution in [0.15, 0.2) is 18.3 Å². The van der Waals surface area contributed by atoms with Crippen molar-refractivity contribution in [1.29, 1.82) is 0 Å². The van der Waals surface area contributed by atoms with Crippen LogP contribution in [0.25, 0.3) is 0 Å². The van der Waals surface area contributed by atoms with E-state index in [1.54, 1.807) is 7.11 Å². The van der Waals surface area contributed by atoms with Crippen molar-refractivity contribution in [2.24, 2.45) is 0 Å². The lowest BCUT2D eigenvalue weighted by Crippen LogP contribution is -2.26. The summed E-state index contributed by atoms with van der Waals surface area (Å²) in [4.78, 5) is 14.8. The fraction of sp³-hybridized carbons (Fsp3) is 0.455. The molecule has 3 N–H and O–H groups in total. The first-order valence-electron chi connectivity index (χ1n) is 5.23. The summed E-state index contributed by atoms with van der Waals surface area (Å²) >= 11 is 0. The number of aliphatic hydroxyl groups excluding tert-OH is 1. The van der Waals surface area contributed by atoms with Gasteiger partial charge < -0.3 is 20.3 Å². The van der Waals surface area contributed by atoms with Crippen LogP contribution in [-0.2, 0) is 4.74 Å². The van der Waals surface area contributed by atoms with Crippen LogP contribution in [0.2, 0.25) is 0 Å². The third-order valence-corrected chi connectivity index (χ3v) is 2.20. The highest BCUT2D eigenvalue weighted by Gasteiger charge is 2.10. The Labute approximate surface area is 99.3 Å². The van der Waals surface area contributed by atoms with Gasteiger partial charge in [0, 0.05) is 19.9 Å². The van der Waals surface area contributed by atoms with Crippen LogP contribution < -0.4 is 5.32 Å². The Bertz CT molecular complexity index is 364. The molecule has 0 bridgehead atoms. The number of nitrogens with zero attached hydrogens (tertiary/aromatic N) is 1. The molecule has 0 aliphatic carbocycles. The Balaban J connectivity index is 2.71. The second-order valence-corrected chi connectivity index (χ2v) is 3.54. The molecule has 0 aromatic carbocycles. The lowest BCUT2D eigenvalue weighted by molar-refractivity contribution is 0.0697. The number of carbonyl (C=O) groups is 1. The molecule has 1 unspecified atom stereocenters. The molecule has 0 radical (unpaired) electrons. The van der Waals surface area contributed by atoms with E-state index in [2.05, 4.69) is 10.3 Å². The standard InChI is InChI=1S/C11H16N2O4/c1-17-7-9(3-5-14)13-10-6-8(11(15)16)2-4-12-10/h2,4,6,9,14H,3,5,7H2,1H3,(H,12,13)(H,15,16). The van der Waals surface area contributed by atoms with Gasteiger partial charge in [0.25, 0.3) is 0 Å². The van der Waals surface area contributed by atoms with Crippen molar-refractivity contribution < 1.29 is 19.7 Å². The maximum Gasteiger partial charge on any atom is 0.335 e. The van der Waals surface area contributed by atoms with Crippen molar-refractivity contribution >= 4 is 11.8 Å². The van der Waals surface area contributed by atoms with Gasteiger partial charge in [-0.2, -0.15) is 0 Å². The van der Waals surface area contributed by atoms with Crippen LogP contribution in [0.4, 0.5) is 5.82 Å². The fourth-order valence-corrected chi connectivity index (χ4v) is 1.41. The van der Waals surface area contributed by atoms with Gasteiger partial charge in [-0.3, -0.25) is 0 Å². The lowest BCUT2D eigenvalue weighted by Gasteiger charge is -2.17. The Morgan fingerprint density at radius 1 is 1.65 bits per heavy atom. The molecule has 1 aromatic rings. The first-order chi connectivity index (χ1) is 8.17. The monoisotopic (exact) mass is 240 g/mol. The summed E-state index contributed by atoms with van der Waals surface area (Å²) in [5.41, 5.74) is 0.169. The lowest BCUT2D eigenvalue weighted by atomic mass is 10.2. The normalized spacial score (nSPS) is 12.1. The zero-order chi connectivity index (χ0) is 12.7. The second-order valence-electron chi connectivity index (χ2n) is 3.54. The summed E-state index contributed by atoms with van der Waals surface area (Å²) in [6.45, 7) is 0.444. The van der Waals surface area contributed by atoms with Gasteiger partial charge in [-0.1, -0.05) is 0 Å². The molecular weight excluding hydrogens is 224 g/mol. The number of nitrogens with one attached hydrogen (secondary N) is 1.